The topological polar surface area (TPSA) is 72.8 Å². The van der Waals surface area contributed by atoms with Crippen molar-refractivity contribution in [3.05, 3.63) is 122 Å². The SMILES string of the molecule is CC(=O)c1ccc(Br)cc1CBr.CC(=O)c1ccc(Br)cc1COc1ccc(C)cc1.COc1ccc(O)cc1. The molecule has 0 heterocycles. The van der Waals surface area contributed by atoms with Crippen LogP contribution in [-0.4, -0.2) is 23.8 Å². The number of alkyl halides is 1. The van der Waals surface area contributed by atoms with Gasteiger partial charge < -0.3 is 14.6 Å². The lowest BCUT2D eigenvalue weighted by molar-refractivity contribution is 0.100. The van der Waals surface area contributed by atoms with E-state index >= 15 is 0 Å². The maximum absolute atomic E-state index is 11.6. The normalized spacial score (nSPS) is 9.88. The maximum atomic E-state index is 11.6. The van der Waals surface area contributed by atoms with Gasteiger partial charge in [-0.25, -0.2) is 0 Å². The smallest absolute Gasteiger partial charge is 0.160 e. The third kappa shape index (κ3) is 11.3. The molecule has 0 atom stereocenters. The van der Waals surface area contributed by atoms with Crippen LogP contribution < -0.4 is 9.47 Å². The van der Waals surface area contributed by atoms with Crippen LogP contribution in [0.4, 0.5) is 0 Å². The first-order valence-corrected chi connectivity index (χ1v) is 14.9. The first-order chi connectivity index (χ1) is 19.0. The Morgan fingerprint density at radius 3 is 1.68 bits per heavy atom. The lowest BCUT2D eigenvalue weighted by atomic mass is 10.1. The van der Waals surface area contributed by atoms with Gasteiger partial charge in [0.1, 0.15) is 23.9 Å². The average Bonchev–Trinajstić information content (AvgIpc) is 2.93. The van der Waals surface area contributed by atoms with Crippen LogP contribution in [0.25, 0.3) is 0 Å². The van der Waals surface area contributed by atoms with E-state index in [2.05, 4.69) is 47.8 Å². The zero-order valence-electron chi connectivity index (χ0n) is 22.7. The number of Topliss-reactive ketones (excluding diaryl/α,β-unsaturated/α-hetero) is 2. The highest BCUT2D eigenvalue weighted by Crippen LogP contribution is 2.21. The molecule has 0 spiro atoms. The molecule has 0 unspecified atom stereocenters. The Bertz CT molecular complexity index is 1400. The summed E-state index contributed by atoms with van der Waals surface area (Å²) in [4.78, 5) is 22.7. The zero-order valence-corrected chi connectivity index (χ0v) is 27.5. The maximum Gasteiger partial charge on any atom is 0.160 e. The fourth-order valence-corrected chi connectivity index (χ4v) is 4.70. The van der Waals surface area contributed by atoms with Crippen LogP contribution in [0.15, 0.2) is 93.9 Å². The van der Waals surface area contributed by atoms with Gasteiger partial charge in [0.25, 0.3) is 0 Å². The van der Waals surface area contributed by atoms with E-state index < -0.39 is 0 Å². The van der Waals surface area contributed by atoms with Crippen LogP contribution in [0.1, 0.15) is 51.3 Å². The average molecular weight is 735 g/mol. The Labute approximate surface area is 260 Å². The van der Waals surface area contributed by atoms with Crippen molar-refractivity contribution in [3.8, 4) is 17.2 Å². The summed E-state index contributed by atoms with van der Waals surface area (Å²) in [6.45, 7) is 5.57. The number of hydrogen-bond acceptors (Lipinski definition) is 5. The lowest BCUT2D eigenvalue weighted by Gasteiger charge is -2.10. The number of ketones is 2. The van der Waals surface area contributed by atoms with Crippen LogP contribution >= 0.6 is 47.8 Å². The molecule has 0 aliphatic heterocycles. The van der Waals surface area contributed by atoms with E-state index in [4.69, 9.17) is 14.6 Å². The summed E-state index contributed by atoms with van der Waals surface area (Å²) in [6, 6.07) is 25.7. The molecule has 0 amide bonds. The van der Waals surface area contributed by atoms with Crippen molar-refractivity contribution in [3.63, 3.8) is 0 Å². The Morgan fingerprint density at radius 1 is 0.725 bits per heavy atom. The standard InChI is InChI=1S/C16H15BrO2.C9H8Br2O.C7H8O2/c1-11-3-6-15(7-4-11)19-10-13-9-14(17)5-8-16(13)12(2)18;1-6(12)9-3-2-8(11)4-7(9)5-10;1-9-7-4-2-6(8)3-5-7/h3-9H,10H2,1-2H3;2-4H,5H2,1H3;2-5,8H,1H3. The molecule has 1 N–H and O–H groups in total. The van der Waals surface area contributed by atoms with Gasteiger partial charge in [-0.1, -0.05) is 65.5 Å². The van der Waals surface area contributed by atoms with Crippen molar-refractivity contribution < 1.29 is 24.2 Å². The number of phenolic OH excluding ortho intramolecular Hbond substituents is 1. The van der Waals surface area contributed by atoms with Crippen molar-refractivity contribution in [1.82, 2.24) is 0 Å². The highest BCUT2D eigenvalue weighted by atomic mass is 79.9. The second kappa shape index (κ2) is 17.0. The van der Waals surface area contributed by atoms with Gasteiger partial charge >= 0.3 is 0 Å². The molecule has 4 aromatic rings. The monoisotopic (exact) mass is 732 g/mol. The van der Waals surface area contributed by atoms with E-state index in [1.165, 1.54) is 5.56 Å². The van der Waals surface area contributed by atoms with E-state index in [1.807, 2.05) is 67.6 Å². The number of aromatic hydroxyl groups is 1. The molecule has 4 rings (SSSR count). The quantitative estimate of drug-likeness (QED) is 0.151. The fraction of sp³-hybridized carbons (Fsp3) is 0.188. The molecule has 4 aromatic carbocycles. The van der Waals surface area contributed by atoms with Gasteiger partial charge in [-0.2, -0.15) is 0 Å². The number of methoxy groups -OCH3 is 1. The predicted molar refractivity (Wildman–Crippen MR) is 171 cm³/mol. The summed E-state index contributed by atoms with van der Waals surface area (Å²) in [5, 5.41) is 9.51. The van der Waals surface area contributed by atoms with E-state index in [0.29, 0.717) is 17.5 Å². The molecule has 0 aliphatic carbocycles. The van der Waals surface area contributed by atoms with Gasteiger partial charge in [-0.15, -0.1) is 0 Å². The summed E-state index contributed by atoms with van der Waals surface area (Å²) in [5.74, 6) is 1.98. The van der Waals surface area contributed by atoms with Crippen molar-refractivity contribution >= 4 is 59.4 Å². The predicted octanol–water partition coefficient (Wildman–Crippen LogP) is 9.49. The van der Waals surface area contributed by atoms with Gasteiger partial charge in [0.15, 0.2) is 11.6 Å². The molecule has 0 saturated carbocycles. The third-order valence-electron chi connectivity index (χ3n) is 5.52. The van der Waals surface area contributed by atoms with Crippen molar-refractivity contribution in [1.29, 1.82) is 0 Å². The summed E-state index contributed by atoms with van der Waals surface area (Å²) in [6.07, 6.45) is 0. The summed E-state index contributed by atoms with van der Waals surface area (Å²) < 4.78 is 12.5. The van der Waals surface area contributed by atoms with Crippen LogP contribution in [0.2, 0.25) is 0 Å². The third-order valence-corrected chi connectivity index (χ3v) is 7.12. The molecule has 0 radical (unpaired) electrons. The largest absolute Gasteiger partial charge is 0.508 e. The van der Waals surface area contributed by atoms with E-state index in [0.717, 1.165) is 37.1 Å². The molecule has 5 nitrogen and oxygen atoms in total. The Hall–Kier alpha value is -2.94. The molecule has 40 heavy (non-hydrogen) atoms. The first kappa shape index (κ1) is 33.3. The van der Waals surface area contributed by atoms with Gasteiger partial charge in [0.05, 0.1) is 7.11 Å². The second-order valence-corrected chi connectivity index (χ2v) is 11.0. The van der Waals surface area contributed by atoms with E-state index in [1.54, 1.807) is 45.2 Å². The van der Waals surface area contributed by atoms with Crippen molar-refractivity contribution in [2.24, 2.45) is 0 Å². The molecule has 0 saturated heterocycles. The van der Waals surface area contributed by atoms with Gasteiger partial charge in [0, 0.05) is 31.0 Å². The molecule has 0 aromatic heterocycles. The van der Waals surface area contributed by atoms with Crippen molar-refractivity contribution in [2.75, 3.05) is 7.11 Å². The number of carbonyl (C=O) groups is 2. The number of benzene rings is 4. The lowest BCUT2D eigenvalue weighted by Crippen LogP contribution is -2.03. The van der Waals surface area contributed by atoms with Gasteiger partial charge in [0.2, 0.25) is 0 Å². The van der Waals surface area contributed by atoms with Gasteiger partial charge in [-0.3, -0.25) is 9.59 Å². The highest BCUT2D eigenvalue weighted by molar-refractivity contribution is 9.10. The molecule has 0 bridgehead atoms. The Kier molecular flexibility index (Phi) is 14.1. The van der Waals surface area contributed by atoms with Gasteiger partial charge in [-0.05, 0) is 99.1 Å². The molecular formula is C32H31Br3O5. The highest BCUT2D eigenvalue weighted by Gasteiger charge is 2.09. The summed E-state index contributed by atoms with van der Waals surface area (Å²) in [7, 11) is 1.59. The zero-order chi connectivity index (χ0) is 29.7. The van der Waals surface area contributed by atoms with E-state index in [-0.39, 0.29) is 17.3 Å². The number of hydrogen-bond donors (Lipinski definition) is 1. The number of ether oxygens (including phenoxy) is 2. The van der Waals surface area contributed by atoms with Crippen molar-refractivity contribution in [2.45, 2.75) is 32.7 Å². The number of rotatable bonds is 7. The number of aryl methyl sites for hydroxylation is 1. The minimum absolute atomic E-state index is 0.0509. The first-order valence-electron chi connectivity index (χ1n) is 12.2. The number of carbonyl (C=O) groups excluding carboxylic acids is 2. The Morgan fingerprint density at radius 2 is 1.20 bits per heavy atom. The van der Waals surface area contributed by atoms with Crippen LogP contribution in [0.5, 0.6) is 17.2 Å². The minimum Gasteiger partial charge on any atom is -0.508 e. The summed E-state index contributed by atoms with van der Waals surface area (Å²) in [5.41, 5.74) is 4.60. The number of halogens is 3. The van der Waals surface area contributed by atoms with Crippen LogP contribution in [0.3, 0.4) is 0 Å². The number of phenols is 1. The molecular weight excluding hydrogens is 704 g/mol. The second-order valence-electron chi connectivity index (χ2n) is 8.65. The molecule has 8 heteroatoms. The fourth-order valence-electron chi connectivity index (χ4n) is 3.42. The van der Waals surface area contributed by atoms with Crippen LogP contribution in [-0.2, 0) is 11.9 Å². The van der Waals surface area contributed by atoms with E-state index in [9.17, 15) is 9.59 Å². The Balaban J connectivity index is 0.000000228. The van der Waals surface area contributed by atoms with Crippen LogP contribution in [0, 0.1) is 6.92 Å². The molecule has 210 valence electrons. The molecule has 0 aliphatic rings. The summed E-state index contributed by atoms with van der Waals surface area (Å²) >= 11 is 10.1. The molecule has 0 fully saturated rings. The minimum atomic E-state index is 0.0509.